The van der Waals surface area contributed by atoms with Gasteiger partial charge in [0.25, 0.3) is 0 Å². The highest BCUT2D eigenvalue weighted by Gasteiger charge is 2.52. The molecule has 0 spiro atoms. The first-order chi connectivity index (χ1) is 10.4. The molecule has 7 heteroatoms. The Morgan fingerprint density at radius 1 is 1.27 bits per heavy atom. The summed E-state index contributed by atoms with van der Waals surface area (Å²) in [6.45, 7) is 0.0305. The van der Waals surface area contributed by atoms with Gasteiger partial charge in [-0.3, -0.25) is 4.90 Å². The van der Waals surface area contributed by atoms with Crippen molar-refractivity contribution in [3.8, 4) is 0 Å². The number of hydrogen-bond acceptors (Lipinski definition) is 3. The average Bonchev–Trinajstić information content (AvgIpc) is 2.53. The summed E-state index contributed by atoms with van der Waals surface area (Å²) in [4.78, 5) is 23.6. The van der Waals surface area contributed by atoms with Crippen LogP contribution in [-0.2, 0) is 16.1 Å². The second-order valence-electron chi connectivity index (χ2n) is 5.17. The Hall–Kier alpha value is -2.18. The number of alkyl halides is 2. The first kappa shape index (κ1) is 16.2. The van der Waals surface area contributed by atoms with Crippen LogP contribution < -0.4 is 0 Å². The summed E-state index contributed by atoms with van der Waals surface area (Å²) in [6, 6.07) is 7.16. The molecule has 0 saturated carbocycles. The molecule has 1 saturated heterocycles. The normalized spacial score (nSPS) is 18.8. The number of benzene rings is 1. The van der Waals surface area contributed by atoms with Crippen LogP contribution in [0.15, 0.2) is 30.3 Å². The second-order valence-corrected chi connectivity index (χ2v) is 5.17. The summed E-state index contributed by atoms with van der Waals surface area (Å²) >= 11 is 0. The summed E-state index contributed by atoms with van der Waals surface area (Å²) < 4.78 is 32.5. The first-order valence-corrected chi connectivity index (χ1v) is 7.01. The van der Waals surface area contributed by atoms with Crippen molar-refractivity contribution in [2.45, 2.75) is 37.8 Å². The van der Waals surface area contributed by atoms with Gasteiger partial charge in [0, 0.05) is 6.54 Å². The third kappa shape index (κ3) is 3.52. The van der Waals surface area contributed by atoms with Gasteiger partial charge in [0.2, 0.25) is 0 Å². The number of halogens is 2. The molecule has 2 rings (SSSR count). The molecular weight excluding hydrogens is 296 g/mol. The van der Waals surface area contributed by atoms with Gasteiger partial charge >= 0.3 is 18.0 Å². The number of carboxylic acids is 1. The van der Waals surface area contributed by atoms with Gasteiger partial charge in [-0.1, -0.05) is 30.3 Å². The number of likely N-dealkylation sites (tertiary alicyclic amines) is 1. The number of piperidine rings is 1. The van der Waals surface area contributed by atoms with E-state index in [2.05, 4.69) is 0 Å². The number of nitrogens with zero attached hydrogens (tertiary/aromatic N) is 1. The van der Waals surface area contributed by atoms with Crippen molar-refractivity contribution in [2.75, 3.05) is 6.54 Å². The number of ether oxygens (including phenoxy) is 1. The third-order valence-electron chi connectivity index (χ3n) is 3.65. The van der Waals surface area contributed by atoms with Crippen LogP contribution in [0.2, 0.25) is 0 Å². The Kier molecular flexibility index (Phi) is 4.95. The number of carboxylic acid groups (broad SMARTS) is 1. The molecule has 1 atom stereocenters. The molecule has 1 N–H and O–H groups in total. The minimum absolute atomic E-state index is 0.0401. The van der Waals surface area contributed by atoms with Crippen molar-refractivity contribution in [3.63, 3.8) is 0 Å². The molecule has 1 aliphatic rings. The van der Waals surface area contributed by atoms with Crippen LogP contribution in [-0.4, -0.2) is 40.6 Å². The third-order valence-corrected chi connectivity index (χ3v) is 3.65. The summed E-state index contributed by atoms with van der Waals surface area (Å²) in [7, 11) is 0. The number of rotatable bonds is 4. The van der Waals surface area contributed by atoms with Gasteiger partial charge in [-0.05, 0) is 24.8 Å². The van der Waals surface area contributed by atoms with Crippen LogP contribution in [0.1, 0.15) is 24.8 Å². The summed E-state index contributed by atoms with van der Waals surface area (Å²) in [6.07, 6.45) is 0.0389. The van der Waals surface area contributed by atoms with Crippen molar-refractivity contribution >= 4 is 12.1 Å². The van der Waals surface area contributed by atoms with Gasteiger partial charge in [0.15, 0.2) is 0 Å². The topological polar surface area (TPSA) is 66.8 Å². The quantitative estimate of drug-likeness (QED) is 0.928. The van der Waals surface area contributed by atoms with Crippen molar-refractivity contribution in [2.24, 2.45) is 0 Å². The summed E-state index contributed by atoms with van der Waals surface area (Å²) in [5, 5.41) is 8.67. The molecule has 1 amide bonds. The lowest BCUT2D eigenvalue weighted by Crippen LogP contribution is -2.56. The first-order valence-electron chi connectivity index (χ1n) is 7.01. The molecule has 0 aliphatic carbocycles. The van der Waals surface area contributed by atoms with Crippen LogP contribution in [0.5, 0.6) is 0 Å². The van der Waals surface area contributed by atoms with E-state index in [0.29, 0.717) is 12.8 Å². The zero-order chi connectivity index (χ0) is 16.2. The van der Waals surface area contributed by atoms with E-state index in [1.807, 2.05) is 0 Å². The molecule has 22 heavy (non-hydrogen) atoms. The maximum atomic E-state index is 13.8. The summed E-state index contributed by atoms with van der Waals surface area (Å²) in [5.74, 6) is -6.20. The van der Waals surface area contributed by atoms with Crippen molar-refractivity contribution < 1.29 is 28.2 Å². The molecule has 1 heterocycles. The Bertz CT molecular complexity index is 536. The molecule has 1 aromatic carbocycles. The molecule has 0 radical (unpaired) electrons. The van der Waals surface area contributed by atoms with Gasteiger partial charge in [-0.15, -0.1) is 0 Å². The van der Waals surface area contributed by atoms with Crippen molar-refractivity contribution in [1.29, 1.82) is 0 Å². The van der Waals surface area contributed by atoms with Crippen LogP contribution in [0, 0.1) is 0 Å². The monoisotopic (exact) mass is 313 g/mol. The molecule has 0 bridgehead atoms. The van der Waals surface area contributed by atoms with E-state index < -0.39 is 24.0 Å². The highest BCUT2D eigenvalue weighted by atomic mass is 19.3. The van der Waals surface area contributed by atoms with E-state index in [1.165, 1.54) is 0 Å². The smallest absolute Gasteiger partial charge is 0.410 e. The maximum absolute atomic E-state index is 13.8. The molecular formula is C15H17F2NO4. The van der Waals surface area contributed by atoms with E-state index in [4.69, 9.17) is 9.84 Å². The van der Waals surface area contributed by atoms with Crippen molar-refractivity contribution in [1.82, 2.24) is 4.90 Å². The summed E-state index contributed by atoms with van der Waals surface area (Å²) in [5.41, 5.74) is 0.731. The van der Waals surface area contributed by atoms with Gasteiger partial charge in [-0.25, -0.2) is 9.59 Å². The van der Waals surface area contributed by atoms with Gasteiger partial charge < -0.3 is 9.84 Å². The van der Waals surface area contributed by atoms with Crippen LogP contribution in [0.3, 0.4) is 0 Å². The minimum atomic E-state index is -3.98. The maximum Gasteiger partial charge on any atom is 0.410 e. The van der Waals surface area contributed by atoms with Crippen LogP contribution in [0.4, 0.5) is 13.6 Å². The fourth-order valence-corrected chi connectivity index (χ4v) is 2.47. The van der Waals surface area contributed by atoms with Crippen LogP contribution in [0.25, 0.3) is 0 Å². The predicted molar refractivity (Wildman–Crippen MR) is 73.6 cm³/mol. The van der Waals surface area contributed by atoms with Crippen molar-refractivity contribution in [3.05, 3.63) is 35.9 Å². The van der Waals surface area contributed by atoms with Crippen LogP contribution >= 0.6 is 0 Å². The largest absolute Gasteiger partial charge is 0.477 e. The standard InChI is InChI=1S/C15H17F2NO4/c16-15(17,13(19)20)12-8-4-5-9-18(12)14(21)22-10-11-6-2-1-3-7-11/h1-3,6-7,12H,4-5,8-10H2,(H,19,20). The number of carbonyl (C=O) groups is 2. The van der Waals surface area contributed by atoms with E-state index in [-0.39, 0.29) is 19.6 Å². The molecule has 0 aromatic heterocycles. The second kappa shape index (κ2) is 6.72. The molecule has 1 aromatic rings. The molecule has 1 aliphatic heterocycles. The Balaban J connectivity index is 2.04. The number of amides is 1. The lowest BCUT2D eigenvalue weighted by Gasteiger charge is -2.37. The predicted octanol–water partition coefficient (Wildman–Crippen LogP) is 2.90. The van der Waals surface area contributed by atoms with Gasteiger partial charge in [-0.2, -0.15) is 8.78 Å². The average molecular weight is 313 g/mol. The lowest BCUT2D eigenvalue weighted by atomic mass is 9.97. The number of carbonyl (C=O) groups excluding carboxylic acids is 1. The van der Waals surface area contributed by atoms with Gasteiger partial charge in [0.05, 0.1) is 0 Å². The molecule has 5 nitrogen and oxygen atoms in total. The van der Waals surface area contributed by atoms with E-state index in [9.17, 15) is 18.4 Å². The fraction of sp³-hybridized carbons (Fsp3) is 0.467. The number of hydrogen-bond donors (Lipinski definition) is 1. The Labute approximate surface area is 126 Å². The van der Waals surface area contributed by atoms with E-state index in [1.54, 1.807) is 30.3 Å². The van der Waals surface area contributed by atoms with E-state index >= 15 is 0 Å². The Morgan fingerprint density at radius 2 is 1.95 bits per heavy atom. The zero-order valence-electron chi connectivity index (χ0n) is 11.9. The minimum Gasteiger partial charge on any atom is -0.477 e. The lowest BCUT2D eigenvalue weighted by molar-refractivity contribution is -0.176. The molecule has 120 valence electrons. The zero-order valence-corrected chi connectivity index (χ0v) is 11.9. The Morgan fingerprint density at radius 3 is 2.59 bits per heavy atom. The fourth-order valence-electron chi connectivity index (χ4n) is 2.47. The highest BCUT2D eigenvalue weighted by Crippen LogP contribution is 2.31. The SMILES string of the molecule is O=C(OCc1ccccc1)N1CCCCC1C(F)(F)C(=O)O. The number of aliphatic carboxylic acids is 1. The van der Waals surface area contributed by atoms with E-state index in [0.717, 1.165) is 10.5 Å². The molecule has 1 fully saturated rings. The van der Waals surface area contributed by atoms with Gasteiger partial charge in [0.1, 0.15) is 12.6 Å². The highest BCUT2D eigenvalue weighted by molar-refractivity contribution is 5.78. The molecule has 1 unspecified atom stereocenters.